The quantitative estimate of drug-likeness (QED) is 0.155. The van der Waals surface area contributed by atoms with Gasteiger partial charge in [0.2, 0.25) is 0 Å². The molecule has 0 aromatic heterocycles. The van der Waals surface area contributed by atoms with E-state index in [4.69, 9.17) is 0 Å². The Morgan fingerprint density at radius 1 is 0.192 bits per heavy atom. The molecule has 0 bridgehead atoms. The van der Waals surface area contributed by atoms with Crippen molar-refractivity contribution >= 4 is 291 Å². The monoisotopic (exact) mass is 888 g/mol. The zero-order chi connectivity index (χ0) is 43.4. The second-order valence-corrected chi connectivity index (χ2v) is 26.4. The lowest BCUT2D eigenvalue weighted by Crippen LogP contribution is -2.43. The molecular weight excluding hydrogens is 877 g/mol. The van der Waals surface area contributed by atoms with Crippen LogP contribution < -0.4 is 0 Å². The minimum absolute atomic E-state index is 0.107. The van der Waals surface area contributed by atoms with Gasteiger partial charge in [0, 0.05) is 17.3 Å². The van der Waals surface area contributed by atoms with E-state index < -0.39 is 0 Å². The summed E-state index contributed by atoms with van der Waals surface area (Å²) in [5.74, 6) is 0.305. The normalized spacial score (nSPS) is 20.4. The van der Waals surface area contributed by atoms with Crippen LogP contribution in [0.15, 0.2) is 60.7 Å². The van der Waals surface area contributed by atoms with Crippen LogP contribution in [-0.2, 0) is 5.41 Å². The SMILES string of the molecule is c1ccc(C(c2ccccc2)C23c4c5c6c7c8c9c(c%10c%11c2c2c4c4c%12c5c5c6c6c8c8c%13c9c9c%10c%10c%11c%11c2c2c4c4c%12c%12c5c5c6c8c6c8c%13c9c9c%10c%10c%11c2c2c4c4c%12c5c6c5c8c9c%10c2c45)C73)cc1. The van der Waals surface area contributed by atoms with Crippen molar-refractivity contribution in [2.75, 3.05) is 0 Å². The summed E-state index contributed by atoms with van der Waals surface area (Å²) < 4.78 is 0. The summed E-state index contributed by atoms with van der Waals surface area (Å²) in [4.78, 5) is 0. The molecular formula is C73H12. The van der Waals surface area contributed by atoms with Crippen LogP contribution in [0.25, 0.3) is 291 Å². The molecule has 0 amide bonds. The van der Waals surface area contributed by atoms with Gasteiger partial charge < -0.3 is 0 Å². The van der Waals surface area contributed by atoms with Gasteiger partial charge in [0.25, 0.3) is 0 Å². The fourth-order valence-electron chi connectivity index (χ4n) is 25.7. The summed E-state index contributed by atoms with van der Waals surface area (Å²) in [6.07, 6.45) is 0. The Morgan fingerprint density at radius 2 is 0.356 bits per heavy atom. The zero-order valence-electron chi connectivity index (χ0n) is 37.4. The van der Waals surface area contributed by atoms with Crippen molar-refractivity contribution in [3.05, 3.63) is 94.0 Å². The molecule has 34 rings (SSSR count). The number of rotatable bonds is 3. The van der Waals surface area contributed by atoms with Crippen molar-refractivity contribution in [3.63, 3.8) is 0 Å². The molecule has 0 nitrogen and oxygen atoms in total. The first kappa shape index (κ1) is 27.5. The van der Waals surface area contributed by atoms with Gasteiger partial charge in [-0.25, -0.2) is 0 Å². The van der Waals surface area contributed by atoms with E-state index in [9.17, 15) is 0 Å². The van der Waals surface area contributed by atoms with Gasteiger partial charge in [0.05, 0.1) is 0 Å². The fourth-order valence-corrected chi connectivity index (χ4v) is 25.7. The predicted molar refractivity (Wildman–Crippen MR) is 310 cm³/mol. The molecule has 0 heterocycles. The minimum Gasteiger partial charge on any atom is -0.0622 e. The Balaban J connectivity index is 1.15. The molecule has 304 valence electrons. The third-order valence-corrected chi connectivity index (χ3v) is 25.9. The van der Waals surface area contributed by atoms with Crippen LogP contribution in [-0.4, -0.2) is 0 Å². The highest BCUT2D eigenvalue weighted by Crippen LogP contribution is 2.85. The third-order valence-electron chi connectivity index (χ3n) is 25.9. The van der Waals surface area contributed by atoms with E-state index in [2.05, 4.69) is 60.7 Å². The molecule has 0 aliphatic heterocycles. The van der Waals surface area contributed by atoms with Gasteiger partial charge in [-0.15, -0.1) is 0 Å². The molecule has 30 aromatic carbocycles. The van der Waals surface area contributed by atoms with Crippen LogP contribution in [0.1, 0.15) is 45.2 Å². The molecule has 0 spiro atoms. The molecule has 4 aliphatic carbocycles. The van der Waals surface area contributed by atoms with Gasteiger partial charge in [0.15, 0.2) is 0 Å². The molecule has 0 saturated carbocycles. The smallest absolute Gasteiger partial charge is 0.0447 e. The van der Waals surface area contributed by atoms with Crippen molar-refractivity contribution < 1.29 is 0 Å². The van der Waals surface area contributed by atoms with Crippen LogP contribution >= 0.6 is 0 Å². The van der Waals surface area contributed by atoms with Crippen LogP contribution in [0.2, 0.25) is 0 Å². The molecule has 0 heteroatoms. The first-order chi connectivity index (χ1) is 36.5. The lowest BCUT2D eigenvalue weighted by molar-refractivity contribution is 0.421. The lowest BCUT2D eigenvalue weighted by atomic mass is 9.50. The predicted octanol–water partition coefficient (Wildman–Crippen LogP) is 20.0. The van der Waals surface area contributed by atoms with Gasteiger partial charge >= 0.3 is 0 Å². The standard InChI is InChI=1S/C73H12/c1-3-7-11(8-4-1)69(12-9-5-2-6-10-12)73-70-65-59-45-37-29-17-14-13-15-18(17)30-32-28-22(15)24-20-16(13)19-23-21(14)27-31(29)43(45)51-49-35(27)33(23)41-39-25(19)26(20)40-42-34(24)36(28)50-52-44(32)46(38(30)37)60(59)66(70)62(52)64-56(50)54(42)58-48(40)47(39)57-53(41)55(49)63(61(51)65)71(73)67(57)68(58)72(64)73/h1-10,69-70H. The summed E-state index contributed by atoms with van der Waals surface area (Å²) >= 11 is 0. The Hall–Kier alpha value is -9.10. The third kappa shape index (κ3) is 1.56. The second kappa shape index (κ2) is 6.48. The van der Waals surface area contributed by atoms with Gasteiger partial charge in [0.1, 0.15) is 0 Å². The molecule has 0 radical (unpaired) electrons. The highest BCUT2D eigenvalue weighted by molar-refractivity contribution is 6.82. The van der Waals surface area contributed by atoms with E-state index in [1.54, 1.807) is 313 Å². The molecule has 30 aromatic rings. The van der Waals surface area contributed by atoms with Crippen molar-refractivity contribution in [2.24, 2.45) is 0 Å². The number of hydrogen-bond acceptors (Lipinski definition) is 0. The van der Waals surface area contributed by atoms with E-state index in [0.717, 1.165) is 0 Å². The number of benzene rings is 20. The molecule has 4 aliphatic rings. The van der Waals surface area contributed by atoms with Gasteiger partial charge in [-0.3, -0.25) is 0 Å². The summed E-state index contributed by atoms with van der Waals surface area (Å²) in [7, 11) is 0. The first-order valence-corrected chi connectivity index (χ1v) is 27.3. The summed E-state index contributed by atoms with van der Waals surface area (Å²) in [5, 5.41) is 89.8. The Morgan fingerprint density at radius 3 is 0.575 bits per heavy atom. The first-order valence-electron chi connectivity index (χ1n) is 27.3. The van der Waals surface area contributed by atoms with E-state index in [-0.39, 0.29) is 17.3 Å². The average Bonchev–Trinajstić information content (AvgIpc) is 4.39. The van der Waals surface area contributed by atoms with Crippen molar-refractivity contribution in [3.8, 4) is 0 Å². The van der Waals surface area contributed by atoms with Crippen molar-refractivity contribution in [1.29, 1.82) is 0 Å². The van der Waals surface area contributed by atoms with Gasteiger partial charge in [-0.05, 0) is 324 Å². The van der Waals surface area contributed by atoms with Gasteiger partial charge in [-0.1, -0.05) is 60.7 Å². The van der Waals surface area contributed by atoms with E-state index in [0.29, 0.717) is 0 Å². The topological polar surface area (TPSA) is 0 Å². The van der Waals surface area contributed by atoms with E-state index in [1.165, 1.54) is 11.1 Å². The summed E-state index contributed by atoms with van der Waals surface area (Å²) in [6, 6.07) is 24.2. The zero-order valence-corrected chi connectivity index (χ0v) is 37.4. The van der Waals surface area contributed by atoms with Crippen LogP contribution in [0.4, 0.5) is 0 Å². The maximum Gasteiger partial charge on any atom is 0.0447 e. The molecule has 0 fully saturated rings. The van der Waals surface area contributed by atoms with Crippen molar-refractivity contribution in [2.45, 2.75) is 17.3 Å². The Bertz CT molecular complexity index is 7340. The average molecular weight is 889 g/mol. The van der Waals surface area contributed by atoms with Crippen LogP contribution in [0.3, 0.4) is 0 Å². The Kier molecular flexibility index (Phi) is 2.44. The van der Waals surface area contributed by atoms with Crippen LogP contribution in [0, 0.1) is 0 Å². The second-order valence-electron chi connectivity index (χ2n) is 26.4. The van der Waals surface area contributed by atoms with Crippen LogP contribution in [0.5, 0.6) is 0 Å². The maximum atomic E-state index is 2.55. The van der Waals surface area contributed by atoms with Gasteiger partial charge in [-0.2, -0.15) is 0 Å². The summed E-state index contributed by atoms with van der Waals surface area (Å²) in [5.41, 5.74) is 9.56. The van der Waals surface area contributed by atoms with Crippen molar-refractivity contribution in [1.82, 2.24) is 0 Å². The summed E-state index contributed by atoms with van der Waals surface area (Å²) in [6.45, 7) is 0. The molecule has 73 heavy (non-hydrogen) atoms. The number of hydrogen-bond donors (Lipinski definition) is 0. The minimum atomic E-state index is -0.367. The maximum absolute atomic E-state index is 2.55. The highest BCUT2D eigenvalue weighted by atomic mass is 14.7. The molecule has 0 unspecified atom stereocenters. The Labute approximate surface area is 399 Å². The molecule has 0 atom stereocenters. The fraction of sp³-hybridized carbons (Fsp3) is 0.0411. The highest BCUT2D eigenvalue weighted by Gasteiger charge is 2.65. The largest absolute Gasteiger partial charge is 0.0622 e. The molecule has 0 saturated heterocycles. The van der Waals surface area contributed by atoms with E-state index >= 15 is 0 Å². The molecule has 0 N–H and O–H groups in total. The van der Waals surface area contributed by atoms with E-state index in [1.807, 2.05) is 0 Å². The lowest BCUT2D eigenvalue weighted by Gasteiger charge is -2.50.